The van der Waals surface area contributed by atoms with Crippen LogP contribution in [0.4, 0.5) is 0 Å². The van der Waals surface area contributed by atoms with Gasteiger partial charge in [-0.15, -0.1) is 11.3 Å². The Hall–Kier alpha value is -2.25. The molecule has 0 unspecified atom stereocenters. The van der Waals surface area contributed by atoms with Crippen LogP contribution in [0.1, 0.15) is 31.4 Å². The highest BCUT2D eigenvalue weighted by atomic mass is 32.1. The minimum Gasteiger partial charge on any atom is -0.478 e. The van der Waals surface area contributed by atoms with Gasteiger partial charge < -0.3 is 15.2 Å². The lowest BCUT2D eigenvalue weighted by molar-refractivity contribution is 0.0696. The lowest BCUT2D eigenvalue weighted by atomic mass is 10.1. The number of carboxylic acids is 1. The number of methoxy groups -OCH3 is 1. The first-order valence-electron chi connectivity index (χ1n) is 6.64. The molecule has 0 aliphatic carbocycles. The molecule has 116 valence electrons. The summed E-state index contributed by atoms with van der Waals surface area (Å²) in [6, 6.07) is 6.67. The van der Waals surface area contributed by atoms with E-state index in [0.717, 1.165) is 10.6 Å². The van der Waals surface area contributed by atoms with Gasteiger partial charge in [-0.25, -0.2) is 9.78 Å². The van der Waals surface area contributed by atoms with Gasteiger partial charge in [0, 0.05) is 19.0 Å². The molecule has 0 aliphatic heterocycles. The predicted molar refractivity (Wildman–Crippen MR) is 82.3 cm³/mol. The Morgan fingerprint density at radius 2 is 2.23 bits per heavy atom. The van der Waals surface area contributed by atoms with E-state index in [1.54, 1.807) is 24.6 Å². The van der Waals surface area contributed by atoms with Crippen LogP contribution in [0.3, 0.4) is 0 Å². The second-order valence-corrected chi connectivity index (χ2v) is 5.51. The van der Waals surface area contributed by atoms with E-state index in [2.05, 4.69) is 10.3 Å². The summed E-state index contributed by atoms with van der Waals surface area (Å²) in [5, 5.41) is 14.1. The standard InChI is InChI=1S/C15H16N2O4S/c1-21-8-13-17-12(9-22-13)14(18)16-6-5-10-3-2-4-11(7-10)15(19)20/h2-4,7,9H,5-6,8H2,1H3,(H,16,18)(H,19,20). The molecule has 2 aromatic rings. The summed E-state index contributed by atoms with van der Waals surface area (Å²) >= 11 is 1.38. The number of amides is 1. The lowest BCUT2D eigenvalue weighted by Gasteiger charge is -2.04. The van der Waals surface area contributed by atoms with E-state index in [9.17, 15) is 9.59 Å². The molecule has 6 nitrogen and oxygen atoms in total. The zero-order chi connectivity index (χ0) is 15.9. The molecule has 2 rings (SSSR count). The summed E-state index contributed by atoms with van der Waals surface area (Å²) in [6.45, 7) is 0.805. The summed E-state index contributed by atoms with van der Waals surface area (Å²) in [6.07, 6.45) is 0.557. The molecule has 7 heteroatoms. The highest BCUT2D eigenvalue weighted by Crippen LogP contribution is 2.10. The highest BCUT2D eigenvalue weighted by molar-refractivity contribution is 7.09. The van der Waals surface area contributed by atoms with Gasteiger partial charge in [0.2, 0.25) is 0 Å². The molecule has 0 bridgehead atoms. The van der Waals surface area contributed by atoms with Crippen molar-refractivity contribution in [3.63, 3.8) is 0 Å². The van der Waals surface area contributed by atoms with Crippen molar-refractivity contribution < 1.29 is 19.4 Å². The molecule has 2 N–H and O–H groups in total. The molecule has 1 aromatic heterocycles. The monoisotopic (exact) mass is 320 g/mol. The second-order valence-electron chi connectivity index (χ2n) is 4.57. The van der Waals surface area contributed by atoms with Gasteiger partial charge >= 0.3 is 5.97 Å². The number of thiazole rings is 1. The van der Waals surface area contributed by atoms with Crippen molar-refractivity contribution in [1.29, 1.82) is 0 Å². The number of aromatic nitrogens is 1. The Morgan fingerprint density at radius 3 is 2.95 bits per heavy atom. The van der Waals surface area contributed by atoms with Crippen LogP contribution in [0.2, 0.25) is 0 Å². The summed E-state index contributed by atoms with van der Waals surface area (Å²) in [4.78, 5) is 27.0. The third-order valence-electron chi connectivity index (χ3n) is 2.93. The second kappa shape index (κ2) is 7.67. The normalized spacial score (nSPS) is 10.4. The van der Waals surface area contributed by atoms with Crippen LogP contribution in [0.25, 0.3) is 0 Å². The van der Waals surface area contributed by atoms with Gasteiger partial charge in [0.15, 0.2) is 0 Å². The van der Waals surface area contributed by atoms with E-state index in [-0.39, 0.29) is 11.5 Å². The summed E-state index contributed by atoms with van der Waals surface area (Å²) < 4.78 is 4.96. The van der Waals surface area contributed by atoms with Crippen LogP contribution < -0.4 is 5.32 Å². The zero-order valence-corrected chi connectivity index (χ0v) is 12.9. The number of ether oxygens (including phenoxy) is 1. The molecule has 0 fully saturated rings. The smallest absolute Gasteiger partial charge is 0.335 e. The van der Waals surface area contributed by atoms with Gasteiger partial charge in [0.05, 0.1) is 12.2 Å². The number of nitrogens with zero attached hydrogens (tertiary/aromatic N) is 1. The van der Waals surface area contributed by atoms with Gasteiger partial charge in [-0.05, 0) is 24.1 Å². The number of hydrogen-bond acceptors (Lipinski definition) is 5. The Balaban J connectivity index is 1.86. The quantitative estimate of drug-likeness (QED) is 0.814. The number of carbonyl (C=O) groups excluding carboxylic acids is 1. The fraction of sp³-hybridized carbons (Fsp3) is 0.267. The molecule has 0 atom stereocenters. The van der Waals surface area contributed by atoms with Gasteiger partial charge in [0.25, 0.3) is 5.91 Å². The van der Waals surface area contributed by atoms with Crippen LogP contribution >= 0.6 is 11.3 Å². The van der Waals surface area contributed by atoms with E-state index < -0.39 is 5.97 Å². The van der Waals surface area contributed by atoms with Crippen molar-refractivity contribution in [1.82, 2.24) is 10.3 Å². The van der Waals surface area contributed by atoms with Crippen molar-refractivity contribution in [2.45, 2.75) is 13.0 Å². The average Bonchev–Trinajstić information content (AvgIpc) is 2.96. The Bertz CT molecular complexity index is 669. The molecule has 0 spiro atoms. The lowest BCUT2D eigenvalue weighted by Crippen LogP contribution is -2.26. The van der Waals surface area contributed by atoms with E-state index in [1.165, 1.54) is 17.4 Å². The van der Waals surface area contributed by atoms with Crippen LogP contribution in [0, 0.1) is 0 Å². The van der Waals surface area contributed by atoms with E-state index in [4.69, 9.17) is 9.84 Å². The number of hydrogen-bond donors (Lipinski definition) is 2. The molecule has 1 amide bonds. The van der Waals surface area contributed by atoms with Crippen molar-refractivity contribution >= 4 is 23.2 Å². The minimum atomic E-state index is -0.959. The summed E-state index contributed by atoms with van der Waals surface area (Å²) in [5.41, 5.74) is 1.47. The Morgan fingerprint density at radius 1 is 1.41 bits per heavy atom. The maximum atomic E-state index is 11.9. The van der Waals surface area contributed by atoms with Gasteiger partial charge in [-0.3, -0.25) is 4.79 Å². The van der Waals surface area contributed by atoms with Crippen molar-refractivity contribution in [2.75, 3.05) is 13.7 Å². The SMILES string of the molecule is COCc1nc(C(=O)NCCc2cccc(C(=O)O)c2)cs1. The summed E-state index contributed by atoms with van der Waals surface area (Å²) in [7, 11) is 1.58. The zero-order valence-electron chi connectivity index (χ0n) is 12.0. The molecule has 1 aromatic carbocycles. The molecular weight excluding hydrogens is 304 g/mol. The molecule has 1 heterocycles. The van der Waals surface area contributed by atoms with Gasteiger partial charge in [0.1, 0.15) is 10.7 Å². The summed E-state index contributed by atoms with van der Waals surface area (Å²) in [5.74, 6) is -1.20. The minimum absolute atomic E-state index is 0.243. The fourth-order valence-corrected chi connectivity index (χ4v) is 2.62. The van der Waals surface area contributed by atoms with E-state index in [0.29, 0.717) is 25.3 Å². The molecular formula is C15H16N2O4S. The Labute approximate surface area is 131 Å². The molecule has 0 aliphatic rings. The highest BCUT2D eigenvalue weighted by Gasteiger charge is 2.10. The van der Waals surface area contributed by atoms with Gasteiger partial charge in [-0.1, -0.05) is 12.1 Å². The third kappa shape index (κ3) is 4.37. The maximum absolute atomic E-state index is 11.9. The first kappa shape index (κ1) is 16.1. The number of carbonyl (C=O) groups is 2. The predicted octanol–water partition coefficient (Wildman–Crippen LogP) is 1.96. The fourth-order valence-electron chi connectivity index (χ4n) is 1.88. The van der Waals surface area contributed by atoms with E-state index >= 15 is 0 Å². The van der Waals surface area contributed by atoms with E-state index in [1.807, 2.05) is 6.07 Å². The van der Waals surface area contributed by atoms with Crippen LogP contribution in [-0.4, -0.2) is 35.6 Å². The Kier molecular flexibility index (Phi) is 5.62. The maximum Gasteiger partial charge on any atom is 0.335 e. The van der Waals surface area contributed by atoms with Crippen LogP contribution in [0.15, 0.2) is 29.6 Å². The topological polar surface area (TPSA) is 88.5 Å². The first-order chi connectivity index (χ1) is 10.6. The molecule has 0 saturated carbocycles. The van der Waals surface area contributed by atoms with Crippen molar-refractivity contribution in [3.05, 3.63) is 51.5 Å². The molecule has 0 radical (unpaired) electrons. The number of benzene rings is 1. The molecule has 22 heavy (non-hydrogen) atoms. The number of rotatable bonds is 7. The largest absolute Gasteiger partial charge is 0.478 e. The van der Waals surface area contributed by atoms with Crippen LogP contribution in [-0.2, 0) is 17.8 Å². The first-order valence-corrected chi connectivity index (χ1v) is 7.52. The molecule has 0 saturated heterocycles. The van der Waals surface area contributed by atoms with Crippen molar-refractivity contribution in [3.8, 4) is 0 Å². The number of aromatic carboxylic acids is 1. The van der Waals surface area contributed by atoms with Crippen molar-refractivity contribution in [2.24, 2.45) is 0 Å². The van der Waals surface area contributed by atoms with Gasteiger partial charge in [-0.2, -0.15) is 0 Å². The third-order valence-corrected chi connectivity index (χ3v) is 3.75. The average molecular weight is 320 g/mol. The van der Waals surface area contributed by atoms with Crippen LogP contribution in [0.5, 0.6) is 0 Å². The number of nitrogens with one attached hydrogen (secondary N) is 1. The number of carboxylic acid groups (broad SMARTS) is 1.